The molecule has 7 nitrogen and oxygen atoms in total. The van der Waals surface area contributed by atoms with Crippen molar-refractivity contribution in [2.45, 2.75) is 20.4 Å². The van der Waals surface area contributed by atoms with Crippen molar-refractivity contribution in [3.8, 4) is 0 Å². The van der Waals surface area contributed by atoms with E-state index in [9.17, 15) is 9.59 Å². The van der Waals surface area contributed by atoms with Crippen LogP contribution >= 0.6 is 11.6 Å². The SMILES string of the molecule is CCn1nc(C)c(NC(=O)Nc2ccc(Cl)cc2)c1C(=O)OC. The smallest absolute Gasteiger partial charge is 0.358 e. The van der Waals surface area contributed by atoms with Gasteiger partial charge in [-0.2, -0.15) is 5.10 Å². The summed E-state index contributed by atoms with van der Waals surface area (Å²) in [6, 6.07) is 6.18. The Bertz CT molecular complexity index is 725. The van der Waals surface area contributed by atoms with E-state index in [1.807, 2.05) is 6.92 Å². The van der Waals surface area contributed by atoms with Crippen LogP contribution in [-0.2, 0) is 11.3 Å². The highest BCUT2D eigenvalue weighted by molar-refractivity contribution is 6.30. The maximum Gasteiger partial charge on any atom is 0.358 e. The molecule has 2 N–H and O–H groups in total. The first-order valence-corrected chi connectivity index (χ1v) is 7.33. The molecule has 1 aromatic carbocycles. The van der Waals surface area contributed by atoms with Crippen LogP contribution < -0.4 is 10.6 Å². The van der Waals surface area contributed by atoms with Crippen LogP contribution in [0, 0.1) is 6.92 Å². The summed E-state index contributed by atoms with van der Waals surface area (Å²) in [5, 5.41) is 10.1. The number of amides is 2. The molecule has 0 atom stereocenters. The van der Waals surface area contributed by atoms with Gasteiger partial charge in [0, 0.05) is 17.3 Å². The molecule has 0 radical (unpaired) electrons. The van der Waals surface area contributed by atoms with Gasteiger partial charge in [0.15, 0.2) is 5.69 Å². The third-order valence-electron chi connectivity index (χ3n) is 3.15. The van der Waals surface area contributed by atoms with E-state index in [2.05, 4.69) is 15.7 Å². The summed E-state index contributed by atoms with van der Waals surface area (Å²) in [6.07, 6.45) is 0. The van der Waals surface area contributed by atoms with Gasteiger partial charge in [0.1, 0.15) is 0 Å². The van der Waals surface area contributed by atoms with E-state index in [1.54, 1.807) is 31.2 Å². The van der Waals surface area contributed by atoms with Crippen molar-refractivity contribution in [3.05, 3.63) is 40.7 Å². The quantitative estimate of drug-likeness (QED) is 0.839. The molecule has 0 aliphatic carbocycles. The number of halogens is 1. The number of aryl methyl sites for hydroxylation is 2. The fourth-order valence-corrected chi connectivity index (χ4v) is 2.20. The number of ether oxygens (including phenoxy) is 1. The number of nitrogens with one attached hydrogen (secondary N) is 2. The van der Waals surface area contributed by atoms with Crippen molar-refractivity contribution in [1.82, 2.24) is 9.78 Å². The summed E-state index contributed by atoms with van der Waals surface area (Å²) in [5.41, 5.74) is 1.63. The lowest BCUT2D eigenvalue weighted by Gasteiger charge is -2.09. The monoisotopic (exact) mass is 336 g/mol. The van der Waals surface area contributed by atoms with Crippen molar-refractivity contribution in [1.29, 1.82) is 0 Å². The Hall–Kier alpha value is -2.54. The largest absolute Gasteiger partial charge is 0.464 e. The van der Waals surface area contributed by atoms with E-state index in [4.69, 9.17) is 16.3 Å². The van der Waals surface area contributed by atoms with Crippen LogP contribution in [0.15, 0.2) is 24.3 Å². The first kappa shape index (κ1) is 16.8. The third-order valence-corrected chi connectivity index (χ3v) is 3.40. The first-order chi connectivity index (χ1) is 11.0. The Balaban J connectivity index is 2.21. The van der Waals surface area contributed by atoms with Gasteiger partial charge in [-0.1, -0.05) is 11.6 Å². The Morgan fingerprint density at radius 1 is 1.26 bits per heavy atom. The standard InChI is InChI=1S/C15H17ClN4O3/c1-4-20-13(14(21)23-3)12(9(2)19-20)18-15(22)17-11-7-5-10(16)6-8-11/h5-8H,4H2,1-3H3,(H2,17,18,22). The number of urea groups is 1. The number of carbonyl (C=O) groups is 2. The molecule has 23 heavy (non-hydrogen) atoms. The molecule has 0 bridgehead atoms. The van der Waals surface area contributed by atoms with E-state index in [-0.39, 0.29) is 5.69 Å². The molecule has 2 amide bonds. The van der Waals surface area contributed by atoms with Crippen LogP contribution in [0.4, 0.5) is 16.2 Å². The molecule has 8 heteroatoms. The molecule has 2 rings (SSSR count). The molecule has 0 saturated heterocycles. The number of hydrogen-bond donors (Lipinski definition) is 2. The second kappa shape index (κ2) is 7.15. The molecule has 1 aromatic heterocycles. The topological polar surface area (TPSA) is 85.3 Å². The van der Waals surface area contributed by atoms with Gasteiger partial charge in [-0.3, -0.25) is 4.68 Å². The van der Waals surface area contributed by atoms with Crippen molar-refractivity contribution in [2.75, 3.05) is 17.7 Å². The van der Waals surface area contributed by atoms with Gasteiger partial charge in [-0.15, -0.1) is 0 Å². The van der Waals surface area contributed by atoms with E-state index in [0.717, 1.165) is 0 Å². The lowest BCUT2D eigenvalue weighted by molar-refractivity contribution is 0.0588. The predicted octanol–water partition coefficient (Wildman–Crippen LogP) is 3.30. The van der Waals surface area contributed by atoms with E-state index in [1.165, 1.54) is 11.8 Å². The molecule has 0 unspecified atom stereocenters. The molecular formula is C15H17ClN4O3. The van der Waals surface area contributed by atoms with Crippen LogP contribution in [0.25, 0.3) is 0 Å². The Kier molecular flexibility index (Phi) is 5.23. The minimum absolute atomic E-state index is 0.207. The summed E-state index contributed by atoms with van der Waals surface area (Å²) in [6.45, 7) is 4.03. The molecule has 122 valence electrons. The van der Waals surface area contributed by atoms with Crippen molar-refractivity contribution in [2.24, 2.45) is 0 Å². The zero-order chi connectivity index (χ0) is 17.0. The zero-order valence-corrected chi connectivity index (χ0v) is 13.8. The lowest BCUT2D eigenvalue weighted by atomic mass is 10.3. The Labute approximate surface area is 138 Å². The number of aromatic nitrogens is 2. The fraction of sp³-hybridized carbons (Fsp3) is 0.267. The number of esters is 1. The van der Waals surface area contributed by atoms with Crippen LogP contribution in [0.2, 0.25) is 5.02 Å². The number of hydrogen-bond acceptors (Lipinski definition) is 4. The van der Waals surface area contributed by atoms with Gasteiger partial charge >= 0.3 is 12.0 Å². The van der Waals surface area contributed by atoms with E-state index >= 15 is 0 Å². The van der Waals surface area contributed by atoms with E-state index < -0.39 is 12.0 Å². The fourth-order valence-electron chi connectivity index (χ4n) is 2.07. The maximum atomic E-state index is 12.1. The molecule has 0 spiro atoms. The Morgan fingerprint density at radius 3 is 2.48 bits per heavy atom. The second-order valence-corrected chi connectivity index (χ2v) is 5.14. The predicted molar refractivity (Wildman–Crippen MR) is 88.1 cm³/mol. The third kappa shape index (κ3) is 3.81. The molecule has 0 aliphatic heterocycles. The van der Waals surface area contributed by atoms with Gasteiger partial charge in [0.2, 0.25) is 0 Å². The maximum absolute atomic E-state index is 12.1. The van der Waals surface area contributed by atoms with E-state index in [0.29, 0.717) is 28.6 Å². The summed E-state index contributed by atoms with van der Waals surface area (Å²) in [4.78, 5) is 24.1. The first-order valence-electron chi connectivity index (χ1n) is 6.95. The van der Waals surface area contributed by atoms with Gasteiger partial charge in [0.05, 0.1) is 18.5 Å². The van der Waals surface area contributed by atoms with Gasteiger partial charge in [0.25, 0.3) is 0 Å². The average Bonchev–Trinajstić information content (AvgIpc) is 2.85. The second-order valence-electron chi connectivity index (χ2n) is 4.70. The summed E-state index contributed by atoms with van der Waals surface area (Å²) in [7, 11) is 1.28. The average molecular weight is 337 g/mol. The highest BCUT2D eigenvalue weighted by Crippen LogP contribution is 2.22. The van der Waals surface area contributed by atoms with Crippen LogP contribution in [0.3, 0.4) is 0 Å². The number of carbonyl (C=O) groups excluding carboxylic acids is 2. The number of methoxy groups -OCH3 is 1. The van der Waals surface area contributed by atoms with Crippen molar-refractivity contribution < 1.29 is 14.3 Å². The minimum Gasteiger partial charge on any atom is -0.464 e. The normalized spacial score (nSPS) is 10.3. The van der Waals surface area contributed by atoms with Crippen LogP contribution in [0.5, 0.6) is 0 Å². The highest BCUT2D eigenvalue weighted by Gasteiger charge is 2.23. The van der Waals surface area contributed by atoms with Crippen LogP contribution in [0.1, 0.15) is 23.1 Å². The zero-order valence-electron chi connectivity index (χ0n) is 13.0. The molecular weight excluding hydrogens is 320 g/mol. The summed E-state index contributed by atoms with van der Waals surface area (Å²) >= 11 is 5.80. The van der Waals surface area contributed by atoms with Gasteiger partial charge in [-0.25, -0.2) is 9.59 Å². The highest BCUT2D eigenvalue weighted by atomic mass is 35.5. The molecule has 0 saturated carbocycles. The van der Waals surface area contributed by atoms with Gasteiger partial charge in [-0.05, 0) is 38.1 Å². The number of nitrogens with zero attached hydrogens (tertiary/aromatic N) is 2. The molecule has 2 aromatic rings. The Morgan fingerprint density at radius 2 is 1.91 bits per heavy atom. The summed E-state index contributed by atoms with van der Waals surface area (Å²) in [5.74, 6) is -0.561. The minimum atomic E-state index is -0.561. The number of benzene rings is 1. The lowest BCUT2D eigenvalue weighted by Crippen LogP contribution is -2.22. The summed E-state index contributed by atoms with van der Waals surface area (Å²) < 4.78 is 6.24. The molecule has 1 heterocycles. The number of anilines is 2. The molecule has 0 fully saturated rings. The van der Waals surface area contributed by atoms with Crippen molar-refractivity contribution in [3.63, 3.8) is 0 Å². The number of rotatable bonds is 4. The van der Waals surface area contributed by atoms with Crippen molar-refractivity contribution >= 4 is 35.0 Å². The van der Waals surface area contributed by atoms with Gasteiger partial charge < -0.3 is 15.4 Å². The molecule has 0 aliphatic rings. The van der Waals surface area contributed by atoms with Crippen LogP contribution in [-0.4, -0.2) is 28.9 Å².